The van der Waals surface area contributed by atoms with E-state index in [-0.39, 0.29) is 17.0 Å². The molecule has 3 aromatic carbocycles. The number of nitrogens with one attached hydrogen (secondary N) is 1. The Bertz CT molecular complexity index is 1430. The monoisotopic (exact) mass is 431 g/mol. The third-order valence-electron chi connectivity index (χ3n) is 5.66. The second-order valence-corrected chi connectivity index (χ2v) is 9.64. The second kappa shape index (κ2) is 7.76. The molecule has 5 rings (SSSR count). The third kappa shape index (κ3) is 3.78. The maximum Gasteiger partial charge on any atom is 0.255 e. The Hall–Kier alpha value is -3.29. The number of H-pyrrole nitrogens is 1. The first-order valence-corrected chi connectivity index (χ1v) is 11.6. The predicted octanol–water partition coefficient (Wildman–Crippen LogP) is 3.26. The zero-order chi connectivity index (χ0) is 21.4. The fourth-order valence-electron chi connectivity index (χ4n) is 4.01. The highest BCUT2D eigenvalue weighted by molar-refractivity contribution is 7.89. The minimum absolute atomic E-state index is 0.0262. The molecule has 0 unspecified atom stereocenters. The lowest BCUT2D eigenvalue weighted by atomic mass is 10.1. The van der Waals surface area contributed by atoms with Gasteiger partial charge in [-0.3, -0.25) is 4.79 Å². The van der Waals surface area contributed by atoms with Crippen LogP contribution in [0.3, 0.4) is 0 Å². The Morgan fingerprint density at radius 3 is 2.48 bits per heavy atom. The summed E-state index contributed by atoms with van der Waals surface area (Å²) in [5, 5.41) is 1.85. The lowest BCUT2D eigenvalue weighted by Crippen LogP contribution is -2.39. The molecular formula is C24H21N3O3S. The van der Waals surface area contributed by atoms with Crippen molar-refractivity contribution in [2.24, 2.45) is 0 Å². The van der Waals surface area contributed by atoms with Gasteiger partial charge in [0.25, 0.3) is 5.56 Å². The van der Waals surface area contributed by atoms with Crippen molar-refractivity contribution in [2.45, 2.75) is 24.3 Å². The van der Waals surface area contributed by atoms with Gasteiger partial charge in [-0.25, -0.2) is 13.4 Å². The summed E-state index contributed by atoms with van der Waals surface area (Å²) in [6.07, 6.45) is 0.941. The summed E-state index contributed by atoms with van der Waals surface area (Å²) in [5.41, 5.74) is 1.89. The molecule has 1 aliphatic rings. The van der Waals surface area contributed by atoms with Crippen molar-refractivity contribution in [2.75, 3.05) is 6.54 Å². The molecule has 1 N–H and O–H groups in total. The maximum atomic E-state index is 13.3. The SMILES string of the molecule is O=c1[nH]c(Cc2ccccc2)nc2c1CN(S(=O)(=O)c1ccc3ccccc3c1)CC2. The Morgan fingerprint density at radius 2 is 1.68 bits per heavy atom. The maximum absolute atomic E-state index is 13.3. The molecule has 0 bridgehead atoms. The number of rotatable bonds is 4. The average Bonchev–Trinajstić information content (AvgIpc) is 2.79. The van der Waals surface area contributed by atoms with Gasteiger partial charge >= 0.3 is 0 Å². The van der Waals surface area contributed by atoms with Crippen molar-refractivity contribution in [1.82, 2.24) is 14.3 Å². The molecule has 0 saturated carbocycles. The average molecular weight is 432 g/mol. The molecule has 1 aromatic heterocycles. The van der Waals surface area contributed by atoms with Crippen molar-refractivity contribution < 1.29 is 8.42 Å². The first-order chi connectivity index (χ1) is 15.0. The first kappa shape index (κ1) is 19.7. The standard InChI is InChI=1S/C24H21N3O3S/c28-24-21-16-27(31(29,30)20-11-10-18-8-4-5-9-19(18)15-20)13-12-22(21)25-23(26-24)14-17-6-2-1-3-7-17/h1-11,15H,12-14,16H2,(H,25,26,28). The van der Waals surface area contributed by atoms with Crippen LogP contribution in [0.5, 0.6) is 0 Å². The molecule has 0 atom stereocenters. The zero-order valence-electron chi connectivity index (χ0n) is 16.8. The van der Waals surface area contributed by atoms with Crippen LogP contribution in [0.25, 0.3) is 10.8 Å². The summed E-state index contributed by atoms with van der Waals surface area (Å²) in [4.78, 5) is 20.4. The summed E-state index contributed by atoms with van der Waals surface area (Å²) in [6, 6.07) is 22.6. The Balaban J connectivity index is 1.43. The van der Waals surface area contributed by atoms with E-state index < -0.39 is 10.0 Å². The number of sulfonamides is 1. The van der Waals surface area contributed by atoms with Gasteiger partial charge < -0.3 is 4.98 Å². The van der Waals surface area contributed by atoms with E-state index in [0.717, 1.165) is 16.3 Å². The minimum atomic E-state index is -3.72. The van der Waals surface area contributed by atoms with E-state index >= 15 is 0 Å². The molecule has 7 heteroatoms. The predicted molar refractivity (Wildman–Crippen MR) is 119 cm³/mol. The van der Waals surface area contributed by atoms with E-state index in [0.29, 0.717) is 36.5 Å². The summed E-state index contributed by atoms with van der Waals surface area (Å²) in [5.74, 6) is 0.598. The molecular weight excluding hydrogens is 410 g/mol. The van der Waals surface area contributed by atoms with E-state index in [1.807, 2.05) is 60.7 Å². The smallest absolute Gasteiger partial charge is 0.255 e. The van der Waals surface area contributed by atoms with Crippen LogP contribution in [-0.4, -0.2) is 29.2 Å². The lowest BCUT2D eigenvalue weighted by molar-refractivity contribution is 0.384. The molecule has 0 amide bonds. The van der Waals surface area contributed by atoms with Crippen molar-refractivity contribution in [3.63, 3.8) is 0 Å². The minimum Gasteiger partial charge on any atom is -0.310 e. The van der Waals surface area contributed by atoms with Crippen LogP contribution >= 0.6 is 0 Å². The highest BCUT2D eigenvalue weighted by Gasteiger charge is 2.30. The van der Waals surface area contributed by atoms with Gasteiger partial charge in [0.05, 0.1) is 16.2 Å². The molecule has 6 nitrogen and oxygen atoms in total. The van der Waals surface area contributed by atoms with Gasteiger partial charge in [-0.2, -0.15) is 4.31 Å². The number of benzene rings is 3. The van der Waals surface area contributed by atoms with Crippen LogP contribution in [0.2, 0.25) is 0 Å². The molecule has 0 saturated heterocycles. The van der Waals surface area contributed by atoms with Gasteiger partial charge in [0.2, 0.25) is 10.0 Å². The van der Waals surface area contributed by atoms with Gasteiger partial charge in [-0.05, 0) is 28.5 Å². The molecule has 156 valence electrons. The quantitative estimate of drug-likeness (QED) is 0.538. The second-order valence-electron chi connectivity index (χ2n) is 7.70. The molecule has 1 aliphatic heterocycles. The molecule has 0 aliphatic carbocycles. The summed E-state index contributed by atoms with van der Waals surface area (Å²) < 4.78 is 27.9. The third-order valence-corrected chi connectivity index (χ3v) is 7.50. The topological polar surface area (TPSA) is 83.1 Å². The van der Waals surface area contributed by atoms with Crippen LogP contribution in [0.15, 0.2) is 82.5 Å². The van der Waals surface area contributed by atoms with E-state index in [1.54, 1.807) is 12.1 Å². The van der Waals surface area contributed by atoms with E-state index in [9.17, 15) is 13.2 Å². The van der Waals surface area contributed by atoms with Crippen LogP contribution < -0.4 is 5.56 Å². The first-order valence-electron chi connectivity index (χ1n) is 10.1. The van der Waals surface area contributed by atoms with E-state index in [4.69, 9.17) is 0 Å². The van der Waals surface area contributed by atoms with Crippen LogP contribution in [0, 0.1) is 0 Å². The van der Waals surface area contributed by atoms with Gasteiger partial charge in [-0.15, -0.1) is 0 Å². The number of aromatic nitrogens is 2. The normalized spacial score (nSPS) is 14.5. The number of fused-ring (bicyclic) bond motifs is 2. The van der Waals surface area contributed by atoms with Crippen molar-refractivity contribution in [3.8, 4) is 0 Å². The molecule has 31 heavy (non-hydrogen) atoms. The molecule has 4 aromatic rings. The van der Waals surface area contributed by atoms with Gasteiger partial charge in [0.1, 0.15) is 5.82 Å². The van der Waals surface area contributed by atoms with Crippen LogP contribution in [-0.2, 0) is 29.4 Å². The largest absolute Gasteiger partial charge is 0.310 e. The van der Waals surface area contributed by atoms with E-state index in [2.05, 4.69) is 9.97 Å². The van der Waals surface area contributed by atoms with Gasteiger partial charge in [0.15, 0.2) is 0 Å². The zero-order valence-corrected chi connectivity index (χ0v) is 17.6. The van der Waals surface area contributed by atoms with Crippen LogP contribution in [0.4, 0.5) is 0 Å². The number of aromatic amines is 1. The lowest BCUT2D eigenvalue weighted by Gasteiger charge is -2.27. The van der Waals surface area contributed by atoms with E-state index in [1.165, 1.54) is 4.31 Å². The van der Waals surface area contributed by atoms with Crippen LogP contribution in [0.1, 0.15) is 22.6 Å². The van der Waals surface area contributed by atoms with Crippen molar-refractivity contribution in [1.29, 1.82) is 0 Å². The Morgan fingerprint density at radius 1 is 0.935 bits per heavy atom. The molecule has 0 fully saturated rings. The fraction of sp³-hybridized carbons (Fsp3) is 0.167. The number of hydrogen-bond acceptors (Lipinski definition) is 4. The van der Waals surface area contributed by atoms with Crippen molar-refractivity contribution in [3.05, 3.63) is 106 Å². The molecule has 2 heterocycles. The highest BCUT2D eigenvalue weighted by atomic mass is 32.2. The summed E-state index contributed by atoms with van der Waals surface area (Å²) in [6.45, 7) is 0.321. The fourth-order valence-corrected chi connectivity index (χ4v) is 5.45. The Kier molecular flexibility index (Phi) is 4.92. The summed E-state index contributed by atoms with van der Waals surface area (Å²) in [7, 11) is -3.72. The molecule has 0 radical (unpaired) electrons. The van der Waals surface area contributed by atoms with Gasteiger partial charge in [-0.1, -0.05) is 60.7 Å². The summed E-state index contributed by atoms with van der Waals surface area (Å²) >= 11 is 0. The van der Waals surface area contributed by atoms with Gasteiger partial charge in [0, 0.05) is 25.9 Å². The highest BCUT2D eigenvalue weighted by Crippen LogP contribution is 2.25. The number of nitrogens with zero attached hydrogens (tertiary/aromatic N) is 2. The van der Waals surface area contributed by atoms with Crippen molar-refractivity contribution >= 4 is 20.8 Å². The Labute approximate surface area is 180 Å². The number of hydrogen-bond donors (Lipinski definition) is 1. The molecule has 0 spiro atoms.